The molecule has 1 heterocycles. The zero-order chi connectivity index (χ0) is 9.64. The van der Waals surface area contributed by atoms with Crippen LogP contribution in [0.25, 0.3) is 0 Å². The van der Waals surface area contributed by atoms with Gasteiger partial charge in [0.2, 0.25) is 5.91 Å². The lowest BCUT2D eigenvalue weighted by Gasteiger charge is -2.16. The Morgan fingerprint density at radius 3 is 2.54 bits per heavy atom. The second-order valence-corrected chi connectivity index (χ2v) is 4.97. The first-order valence-electron chi connectivity index (χ1n) is 4.97. The van der Waals surface area contributed by atoms with Gasteiger partial charge in [-0.25, -0.2) is 0 Å². The minimum absolute atomic E-state index is 0.213. The number of hydrogen-bond donors (Lipinski definition) is 1. The second-order valence-electron chi connectivity index (χ2n) is 4.97. The van der Waals surface area contributed by atoms with Gasteiger partial charge < -0.3 is 10.0 Å². The van der Waals surface area contributed by atoms with Gasteiger partial charge in [0, 0.05) is 19.0 Å². The largest absolute Gasteiger partial charge is 0.391 e. The maximum Gasteiger partial charge on any atom is 0.226 e. The summed E-state index contributed by atoms with van der Waals surface area (Å²) in [6.07, 6.45) is 1.47. The molecule has 1 aliphatic carbocycles. The van der Waals surface area contributed by atoms with Gasteiger partial charge in [0.15, 0.2) is 0 Å². The Kier molecular flexibility index (Phi) is 1.88. The first-order valence-corrected chi connectivity index (χ1v) is 4.97. The van der Waals surface area contributed by atoms with Crippen LogP contribution in [0.1, 0.15) is 26.7 Å². The van der Waals surface area contributed by atoms with Crippen molar-refractivity contribution in [3.05, 3.63) is 0 Å². The Bertz CT molecular complexity index is 237. The van der Waals surface area contributed by atoms with E-state index in [0.29, 0.717) is 6.54 Å². The molecule has 3 nitrogen and oxygen atoms in total. The molecule has 2 fully saturated rings. The molecule has 13 heavy (non-hydrogen) atoms. The van der Waals surface area contributed by atoms with E-state index in [0.717, 1.165) is 19.4 Å². The third-order valence-corrected chi connectivity index (χ3v) is 3.29. The predicted octanol–water partition coefficient (Wildman–Crippen LogP) is 0.626. The molecule has 2 unspecified atom stereocenters. The van der Waals surface area contributed by atoms with Gasteiger partial charge in [-0.15, -0.1) is 0 Å². The quantitative estimate of drug-likeness (QED) is 0.647. The van der Waals surface area contributed by atoms with Crippen molar-refractivity contribution in [3.8, 4) is 0 Å². The van der Waals surface area contributed by atoms with Crippen molar-refractivity contribution in [2.24, 2.45) is 11.3 Å². The molecule has 1 saturated carbocycles. The molecule has 0 bridgehead atoms. The molecule has 0 aromatic heterocycles. The van der Waals surface area contributed by atoms with Crippen LogP contribution in [0.2, 0.25) is 0 Å². The number of carbonyl (C=O) groups excluding carboxylic acids is 1. The number of aliphatic hydroxyl groups is 1. The van der Waals surface area contributed by atoms with E-state index in [-0.39, 0.29) is 23.3 Å². The van der Waals surface area contributed by atoms with Crippen molar-refractivity contribution in [3.63, 3.8) is 0 Å². The fourth-order valence-electron chi connectivity index (χ4n) is 2.05. The third-order valence-electron chi connectivity index (χ3n) is 3.29. The van der Waals surface area contributed by atoms with Gasteiger partial charge in [-0.2, -0.15) is 0 Å². The van der Waals surface area contributed by atoms with Crippen LogP contribution in [0.15, 0.2) is 0 Å². The summed E-state index contributed by atoms with van der Waals surface area (Å²) in [5.41, 5.74) is 0.213. The number of aliphatic hydroxyl groups excluding tert-OH is 1. The third kappa shape index (κ3) is 1.57. The fraction of sp³-hybridized carbons (Fsp3) is 0.900. The van der Waals surface area contributed by atoms with E-state index in [1.807, 2.05) is 4.90 Å². The van der Waals surface area contributed by atoms with Gasteiger partial charge in [-0.05, 0) is 18.3 Å². The van der Waals surface area contributed by atoms with E-state index in [1.165, 1.54) is 0 Å². The molecule has 2 aliphatic rings. The number of hydrogen-bond acceptors (Lipinski definition) is 2. The molecule has 0 aromatic carbocycles. The summed E-state index contributed by atoms with van der Waals surface area (Å²) < 4.78 is 0. The van der Waals surface area contributed by atoms with E-state index in [2.05, 4.69) is 13.8 Å². The maximum atomic E-state index is 11.8. The average Bonchev–Trinajstić information content (AvgIpc) is 2.47. The molecule has 1 aliphatic heterocycles. The summed E-state index contributed by atoms with van der Waals surface area (Å²) in [6.45, 7) is 5.54. The molecule has 1 saturated heterocycles. The minimum Gasteiger partial charge on any atom is -0.391 e. The Morgan fingerprint density at radius 2 is 2.15 bits per heavy atom. The van der Waals surface area contributed by atoms with E-state index in [9.17, 15) is 9.90 Å². The molecule has 74 valence electrons. The first-order chi connectivity index (χ1) is 6.00. The summed E-state index contributed by atoms with van der Waals surface area (Å²) in [7, 11) is 0. The van der Waals surface area contributed by atoms with Crippen molar-refractivity contribution < 1.29 is 9.90 Å². The highest BCUT2D eigenvalue weighted by atomic mass is 16.3. The van der Waals surface area contributed by atoms with Crippen LogP contribution in [-0.4, -0.2) is 35.1 Å². The van der Waals surface area contributed by atoms with Crippen LogP contribution in [0, 0.1) is 11.3 Å². The smallest absolute Gasteiger partial charge is 0.226 e. The average molecular weight is 183 g/mol. The number of nitrogens with zero attached hydrogens (tertiary/aromatic N) is 1. The van der Waals surface area contributed by atoms with Crippen molar-refractivity contribution >= 4 is 5.91 Å². The van der Waals surface area contributed by atoms with E-state index in [4.69, 9.17) is 0 Å². The van der Waals surface area contributed by atoms with Crippen molar-refractivity contribution in [2.75, 3.05) is 13.1 Å². The summed E-state index contributed by atoms with van der Waals surface area (Å²) in [5, 5.41) is 9.29. The first kappa shape index (κ1) is 9.00. The highest BCUT2D eigenvalue weighted by Crippen LogP contribution is 2.52. The van der Waals surface area contributed by atoms with Crippen LogP contribution < -0.4 is 0 Å². The zero-order valence-electron chi connectivity index (χ0n) is 8.29. The summed E-state index contributed by atoms with van der Waals surface area (Å²) >= 11 is 0. The van der Waals surface area contributed by atoms with E-state index in [1.54, 1.807) is 0 Å². The molecular formula is C10H17NO2. The Hall–Kier alpha value is -0.570. The normalized spacial score (nSPS) is 36.4. The molecule has 1 N–H and O–H groups in total. The monoisotopic (exact) mass is 183 g/mol. The lowest BCUT2D eigenvalue weighted by molar-refractivity contribution is -0.132. The van der Waals surface area contributed by atoms with E-state index < -0.39 is 0 Å². The molecule has 0 spiro atoms. The fourth-order valence-corrected chi connectivity index (χ4v) is 2.05. The van der Waals surface area contributed by atoms with Crippen LogP contribution in [-0.2, 0) is 4.79 Å². The van der Waals surface area contributed by atoms with Gasteiger partial charge in [0.05, 0.1) is 6.10 Å². The van der Waals surface area contributed by atoms with Gasteiger partial charge in [-0.1, -0.05) is 13.8 Å². The second kappa shape index (κ2) is 2.71. The SMILES string of the molecule is CC1(C)CC1C(=O)N1CCC(O)C1. The number of likely N-dealkylation sites (tertiary alicyclic amines) is 1. The van der Waals surface area contributed by atoms with E-state index >= 15 is 0 Å². The summed E-state index contributed by atoms with van der Waals surface area (Å²) in [4.78, 5) is 13.6. The summed E-state index contributed by atoms with van der Waals surface area (Å²) in [6, 6.07) is 0. The molecule has 0 radical (unpaired) electrons. The van der Waals surface area contributed by atoms with Gasteiger partial charge in [0.1, 0.15) is 0 Å². The van der Waals surface area contributed by atoms with Crippen molar-refractivity contribution in [2.45, 2.75) is 32.8 Å². The Balaban J connectivity index is 1.92. The number of rotatable bonds is 1. The molecule has 1 amide bonds. The van der Waals surface area contributed by atoms with Crippen LogP contribution >= 0.6 is 0 Å². The highest BCUT2D eigenvalue weighted by molar-refractivity contribution is 5.82. The molecule has 2 rings (SSSR count). The lowest BCUT2D eigenvalue weighted by atomic mass is 10.1. The zero-order valence-corrected chi connectivity index (χ0v) is 8.29. The molecular weight excluding hydrogens is 166 g/mol. The number of β-amino-alcohol motifs (C(OH)–C–C–N with tert-alkyl or cyclic N) is 1. The topological polar surface area (TPSA) is 40.5 Å². The number of carbonyl (C=O) groups is 1. The van der Waals surface area contributed by atoms with Crippen molar-refractivity contribution in [1.29, 1.82) is 0 Å². The standard InChI is InChI=1S/C10H17NO2/c1-10(2)5-8(10)9(13)11-4-3-7(12)6-11/h7-8,12H,3-6H2,1-2H3. The van der Waals surface area contributed by atoms with Crippen molar-refractivity contribution in [1.82, 2.24) is 4.90 Å². The molecule has 2 atom stereocenters. The Labute approximate surface area is 78.7 Å². The predicted molar refractivity (Wildman–Crippen MR) is 49.1 cm³/mol. The van der Waals surface area contributed by atoms with Gasteiger partial charge in [0.25, 0.3) is 0 Å². The lowest BCUT2D eigenvalue weighted by Crippen LogP contribution is -2.31. The highest BCUT2D eigenvalue weighted by Gasteiger charge is 2.52. The van der Waals surface area contributed by atoms with Crippen LogP contribution in [0.3, 0.4) is 0 Å². The van der Waals surface area contributed by atoms with Crippen LogP contribution in [0.4, 0.5) is 0 Å². The minimum atomic E-state index is -0.286. The molecule has 0 aromatic rings. The van der Waals surface area contributed by atoms with Gasteiger partial charge in [-0.3, -0.25) is 4.79 Å². The Morgan fingerprint density at radius 1 is 1.54 bits per heavy atom. The maximum absolute atomic E-state index is 11.8. The van der Waals surface area contributed by atoms with Crippen LogP contribution in [0.5, 0.6) is 0 Å². The summed E-state index contributed by atoms with van der Waals surface area (Å²) in [5.74, 6) is 0.472. The van der Waals surface area contributed by atoms with Gasteiger partial charge >= 0.3 is 0 Å². The molecule has 3 heteroatoms. The number of amides is 1.